The van der Waals surface area contributed by atoms with Crippen molar-refractivity contribution < 1.29 is 14.3 Å². The van der Waals surface area contributed by atoms with Crippen molar-refractivity contribution in [3.8, 4) is 11.4 Å². The van der Waals surface area contributed by atoms with Gasteiger partial charge in [-0.05, 0) is 19.1 Å². The van der Waals surface area contributed by atoms with Gasteiger partial charge >= 0.3 is 5.97 Å². The predicted molar refractivity (Wildman–Crippen MR) is 71.2 cm³/mol. The monoisotopic (exact) mass is 280 g/mol. The maximum Gasteiger partial charge on any atom is 0.339 e. The van der Waals surface area contributed by atoms with Crippen LogP contribution in [0.2, 0.25) is 5.02 Å². The molecule has 100 valence electrons. The Morgan fingerprint density at radius 1 is 1.37 bits per heavy atom. The quantitative estimate of drug-likeness (QED) is 0.811. The van der Waals surface area contributed by atoms with Crippen LogP contribution >= 0.6 is 11.6 Å². The van der Waals surface area contributed by atoms with Gasteiger partial charge in [0.25, 0.3) is 0 Å². The highest BCUT2D eigenvalue weighted by atomic mass is 35.5. The van der Waals surface area contributed by atoms with E-state index in [0.29, 0.717) is 11.4 Å². The van der Waals surface area contributed by atoms with Gasteiger partial charge in [-0.15, -0.1) is 0 Å². The molecule has 0 amide bonds. The Balaban J connectivity index is 2.61. The number of carbonyl (C=O) groups is 1. The summed E-state index contributed by atoms with van der Waals surface area (Å²) in [6.07, 6.45) is 1.78. The summed E-state index contributed by atoms with van der Waals surface area (Å²) in [4.78, 5) is 11.6. The minimum absolute atomic E-state index is 0.271. The summed E-state index contributed by atoms with van der Waals surface area (Å²) in [5.74, 6) is 0.0264. The van der Waals surface area contributed by atoms with Gasteiger partial charge in [0.15, 0.2) is 0 Å². The molecule has 0 fully saturated rings. The number of carbonyl (C=O) groups excluding carboxylic acids is 1. The molecule has 0 atom stereocenters. The number of rotatable bonds is 3. The Morgan fingerprint density at radius 2 is 2.11 bits per heavy atom. The van der Waals surface area contributed by atoms with Crippen molar-refractivity contribution in [1.82, 2.24) is 9.78 Å². The summed E-state index contributed by atoms with van der Waals surface area (Å²) in [5.41, 5.74) is 1.75. The minimum atomic E-state index is -0.502. The number of halogens is 1. The van der Waals surface area contributed by atoms with Crippen molar-refractivity contribution in [1.29, 1.82) is 0 Å². The van der Waals surface area contributed by atoms with E-state index in [-0.39, 0.29) is 10.6 Å². The molecule has 1 heterocycles. The van der Waals surface area contributed by atoms with Crippen LogP contribution in [0.25, 0.3) is 5.69 Å². The lowest BCUT2D eigenvalue weighted by Crippen LogP contribution is -2.06. The minimum Gasteiger partial charge on any atom is -0.494 e. The van der Waals surface area contributed by atoms with Crippen molar-refractivity contribution >= 4 is 17.6 Å². The maximum absolute atomic E-state index is 11.6. The molecular formula is C13H13ClN2O3. The summed E-state index contributed by atoms with van der Waals surface area (Å²) in [6, 6.07) is 5.02. The molecule has 2 aromatic rings. The molecule has 1 aromatic carbocycles. The summed E-state index contributed by atoms with van der Waals surface area (Å²) < 4.78 is 11.6. The lowest BCUT2D eigenvalue weighted by atomic mass is 10.2. The van der Waals surface area contributed by atoms with Crippen LogP contribution in [-0.4, -0.2) is 30.0 Å². The molecular weight excluding hydrogens is 268 g/mol. The molecule has 0 aliphatic rings. The molecule has 0 N–H and O–H groups in total. The molecule has 0 unspecified atom stereocenters. The number of methoxy groups -OCH3 is 2. The third-order valence-electron chi connectivity index (χ3n) is 2.64. The number of ether oxygens (including phenoxy) is 2. The van der Waals surface area contributed by atoms with Crippen molar-refractivity contribution in [2.24, 2.45) is 0 Å². The van der Waals surface area contributed by atoms with Crippen LogP contribution in [-0.2, 0) is 4.74 Å². The number of esters is 1. The van der Waals surface area contributed by atoms with Gasteiger partial charge in [0.05, 0.1) is 30.5 Å². The SMILES string of the molecule is COC(=O)c1cc(-n2ccc(C)n2)c(OC)cc1Cl. The summed E-state index contributed by atoms with van der Waals surface area (Å²) in [5, 5.41) is 4.56. The van der Waals surface area contributed by atoms with E-state index in [2.05, 4.69) is 5.10 Å². The van der Waals surface area contributed by atoms with E-state index in [1.807, 2.05) is 13.0 Å². The average molecular weight is 281 g/mol. The number of aromatic nitrogens is 2. The molecule has 0 saturated heterocycles. The Labute approximate surface area is 115 Å². The van der Waals surface area contributed by atoms with E-state index < -0.39 is 5.97 Å². The van der Waals surface area contributed by atoms with E-state index in [4.69, 9.17) is 21.1 Å². The zero-order chi connectivity index (χ0) is 14.0. The van der Waals surface area contributed by atoms with E-state index in [1.54, 1.807) is 23.0 Å². The van der Waals surface area contributed by atoms with E-state index in [0.717, 1.165) is 5.69 Å². The number of aryl methyl sites for hydroxylation is 1. The van der Waals surface area contributed by atoms with Crippen molar-refractivity contribution in [2.45, 2.75) is 6.92 Å². The van der Waals surface area contributed by atoms with Crippen molar-refractivity contribution in [3.05, 3.63) is 40.7 Å². The summed E-state index contributed by atoms with van der Waals surface area (Å²) >= 11 is 6.04. The molecule has 2 rings (SSSR count). The zero-order valence-corrected chi connectivity index (χ0v) is 11.6. The number of hydrogen-bond acceptors (Lipinski definition) is 4. The first-order valence-corrected chi connectivity index (χ1v) is 5.93. The van der Waals surface area contributed by atoms with E-state index in [1.165, 1.54) is 14.2 Å². The highest BCUT2D eigenvalue weighted by molar-refractivity contribution is 6.33. The summed E-state index contributed by atoms with van der Waals surface area (Å²) in [6.45, 7) is 1.88. The predicted octanol–water partition coefficient (Wildman–Crippen LogP) is 2.63. The molecule has 0 spiro atoms. The van der Waals surface area contributed by atoms with Crippen LogP contribution in [0.15, 0.2) is 24.4 Å². The van der Waals surface area contributed by atoms with Gasteiger partial charge in [-0.25, -0.2) is 9.48 Å². The van der Waals surface area contributed by atoms with Gasteiger partial charge in [0.1, 0.15) is 11.4 Å². The van der Waals surface area contributed by atoms with Crippen LogP contribution in [0.1, 0.15) is 16.1 Å². The number of benzene rings is 1. The Morgan fingerprint density at radius 3 is 2.63 bits per heavy atom. The topological polar surface area (TPSA) is 53.4 Å². The van der Waals surface area contributed by atoms with Gasteiger partial charge in [-0.2, -0.15) is 5.10 Å². The second kappa shape index (κ2) is 5.32. The van der Waals surface area contributed by atoms with Crippen LogP contribution in [0.5, 0.6) is 5.75 Å². The molecule has 0 saturated carbocycles. The number of hydrogen-bond donors (Lipinski definition) is 0. The fourth-order valence-corrected chi connectivity index (χ4v) is 1.93. The largest absolute Gasteiger partial charge is 0.494 e. The molecule has 0 radical (unpaired) electrons. The first-order valence-electron chi connectivity index (χ1n) is 5.55. The van der Waals surface area contributed by atoms with Crippen molar-refractivity contribution in [3.63, 3.8) is 0 Å². The Kier molecular flexibility index (Phi) is 3.76. The first kappa shape index (κ1) is 13.4. The second-order valence-electron chi connectivity index (χ2n) is 3.90. The molecule has 5 nitrogen and oxygen atoms in total. The smallest absolute Gasteiger partial charge is 0.339 e. The zero-order valence-electron chi connectivity index (χ0n) is 10.8. The molecule has 1 aromatic heterocycles. The van der Waals surface area contributed by atoms with E-state index >= 15 is 0 Å². The standard InChI is InChI=1S/C13H13ClN2O3/c1-8-4-5-16(15-8)11-6-9(13(17)19-3)10(14)7-12(11)18-2/h4-7H,1-3H3. The van der Waals surface area contributed by atoms with Gasteiger partial charge in [0, 0.05) is 12.3 Å². The van der Waals surface area contributed by atoms with Crippen LogP contribution in [0, 0.1) is 6.92 Å². The third-order valence-corrected chi connectivity index (χ3v) is 2.96. The lowest BCUT2D eigenvalue weighted by molar-refractivity contribution is 0.0601. The summed E-state index contributed by atoms with van der Waals surface area (Å²) in [7, 11) is 2.84. The lowest BCUT2D eigenvalue weighted by Gasteiger charge is -2.11. The highest BCUT2D eigenvalue weighted by Gasteiger charge is 2.17. The Bertz CT molecular complexity index is 622. The third kappa shape index (κ3) is 2.56. The fraction of sp³-hybridized carbons (Fsp3) is 0.231. The normalized spacial score (nSPS) is 10.3. The first-order chi connectivity index (χ1) is 9.06. The highest BCUT2D eigenvalue weighted by Crippen LogP contribution is 2.30. The second-order valence-corrected chi connectivity index (χ2v) is 4.30. The van der Waals surface area contributed by atoms with Gasteiger partial charge < -0.3 is 9.47 Å². The maximum atomic E-state index is 11.6. The van der Waals surface area contributed by atoms with Gasteiger partial charge in [0.2, 0.25) is 0 Å². The molecule has 0 aliphatic carbocycles. The van der Waals surface area contributed by atoms with Gasteiger partial charge in [-0.1, -0.05) is 11.6 Å². The van der Waals surface area contributed by atoms with Crippen molar-refractivity contribution in [2.75, 3.05) is 14.2 Å². The van der Waals surface area contributed by atoms with Crippen LogP contribution < -0.4 is 4.74 Å². The van der Waals surface area contributed by atoms with Crippen LogP contribution in [0.3, 0.4) is 0 Å². The number of nitrogens with zero attached hydrogens (tertiary/aromatic N) is 2. The van der Waals surface area contributed by atoms with E-state index in [9.17, 15) is 4.79 Å². The Hall–Kier alpha value is -2.01. The molecule has 0 bridgehead atoms. The average Bonchev–Trinajstić information content (AvgIpc) is 2.83. The van der Waals surface area contributed by atoms with Gasteiger partial charge in [-0.3, -0.25) is 0 Å². The molecule has 6 heteroatoms. The fourth-order valence-electron chi connectivity index (χ4n) is 1.70. The molecule has 19 heavy (non-hydrogen) atoms. The molecule has 0 aliphatic heterocycles. The van der Waals surface area contributed by atoms with Crippen LogP contribution in [0.4, 0.5) is 0 Å².